The highest BCUT2D eigenvalue weighted by Crippen LogP contribution is 2.56. The molecule has 0 bridgehead atoms. The number of rotatable bonds is 6. The summed E-state index contributed by atoms with van der Waals surface area (Å²) in [6.45, 7) is 0. The summed E-state index contributed by atoms with van der Waals surface area (Å²) in [4.78, 5) is 0. The zero-order valence-corrected chi connectivity index (χ0v) is 19.6. The Balaban J connectivity index is 1.73. The highest BCUT2D eigenvalue weighted by Gasteiger charge is 2.72. The first kappa shape index (κ1) is 27.6. The van der Waals surface area contributed by atoms with Gasteiger partial charge in [-0.05, 0) is 47.5 Å². The van der Waals surface area contributed by atoms with Crippen molar-refractivity contribution < 1.29 is 44.6 Å². The molecule has 12 heteroatoms. The predicted octanol–water partition coefficient (Wildman–Crippen LogP) is 8.12. The van der Waals surface area contributed by atoms with Gasteiger partial charge in [-0.1, -0.05) is 24.3 Å². The van der Waals surface area contributed by atoms with E-state index in [1.54, 1.807) is 0 Å². The third kappa shape index (κ3) is 5.54. The number of nitrogen functional groups attached to an aromatic ring is 2. The first-order chi connectivity index (χ1) is 18.2. The largest absolute Gasteiger partial charge is 0.457 e. The third-order valence-corrected chi connectivity index (χ3v) is 5.68. The molecule has 4 aromatic rings. The van der Waals surface area contributed by atoms with Crippen LogP contribution in [0, 0.1) is 11.6 Å². The fourth-order valence-corrected chi connectivity index (χ4v) is 4.09. The van der Waals surface area contributed by atoms with E-state index in [1.165, 1.54) is 12.1 Å². The lowest BCUT2D eigenvalue weighted by Gasteiger charge is -2.38. The summed E-state index contributed by atoms with van der Waals surface area (Å²) >= 11 is 0. The molecule has 0 radical (unpaired) electrons. The number of ether oxygens (including phenoxy) is 2. The highest BCUT2D eigenvalue weighted by atomic mass is 19.4. The molecular formula is C27H18F8N2O2. The number of benzene rings is 4. The lowest BCUT2D eigenvalue weighted by molar-refractivity contribution is -0.288. The van der Waals surface area contributed by atoms with Crippen molar-refractivity contribution >= 4 is 11.4 Å². The molecule has 39 heavy (non-hydrogen) atoms. The molecule has 0 spiro atoms. The van der Waals surface area contributed by atoms with Crippen LogP contribution in [0.1, 0.15) is 11.1 Å². The van der Waals surface area contributed by atoms with Crippen molar-refractivity contribution in [3.05, 3.63) is 108 Å². The Morgan fingerprint density at radius 2 is 0.795 bits per heavy atom. The molecule has 0 aliphatic carbocycles. The molecule has 204 valence electrons. The van der Waals surface area contributed by atoms with Crippen LogP contribution in [0.3, 0.4) is 0 Å². The van der Waals surface area contributed by atoms with Gasteiger partial charge in [-0.15, -0.1) is 0 Å². The van der Waals surface area contributed by atoms with Crippen LogP contribution in [-0.4, -0.2) is 12.4 Å². The number of hydrogen-bond acceptors (Lipinski definition) is 4. The number of hydrogen-bond donors (Lipinski definition) is 2. The summed E-state index contributed by atoms with van der Waals surface area (Å²) in [6, 6.07) is 12.4. The first-order valence-electron chi connectivity index (χ1n) is 11.0. The summed E-state index contributed by atoms with van der Waals surface area (Å²) < 4.78 is 124. The summed E-state index contributed by atoms with van der Waals surface area (Å²) in [5.74, 6) is -2.01. The fourth-order valence-electron chi connectivity index (χ4n) is 4.09. The van der Waals surface area contributed by atoms with Gasteiger partial charge in [0.1, 0.15) is 34.6 Å². The van der Waals surface area contributed by atoms with E-state index in [1.807, 2.05) is 0 Å². The van der Waals surface area contributed by atoms with E-state index in [-0.39, 0.29) is 34.4 Å². The molecule has 0 heterocycles. The molecule has 4 N–H and O–H groups in total. The summed E-state index contributed by atoms with van der Waals surface area (Å²) in [5, 5.41) is 0. The minimum atomic E-state index is -5.83. The van der Waals surface area contributed by atoms with Gasteiger partial charge in [-0.2, -0.15) is 26.3 Å². The van der Waals surface area contributed by atoms with Crippen LogP contribution in [0.5, 0.6) is 23.0 Å². The van der Waals surface area contributed by atoms with Gasteiger partial charge in [0.15, 0.2) is 0 Å². The highest BCUT2D eigenvalue weighted by molar-refractivity contribution is 5.50. The van der Waals surface area contributed by atoms with Crippen molar-refractivity contribution in [2.75, 3.05) is 11.5 Å². The Morgan fingerprint density at radius 1 is 0.462 bits per heavy atom. The van der Waals surface area contributed by atoms with Gasteiger partial charge in [0.05, 0.1) is 0 Å². The predicted molar refractivity (Wildman–Crippen MR) is 128 cm³/mol. The fraction of sp³-hybridized carbons (Fsp3) is 0.111. The summed E-state index contributed by atoms with van der Waals surface area (Å²) in [5.41, 5.74) is 4.34. The lowest BCUT2D eigenvalue weighted by Crippen LogP contribution is -2.54. The number of nitrogens with two attached hydrogens (primary N) is 2. The minimum absolute atomic E-state index is 0.00285. The second kappa shape index (κ2) is 10.0. The monoisotopic (exact) mass is 554 g/mol. The van der Waals surface area contributed by atoms with E-state index in [9.17, 15) is 35.1 Å². The zero-order valence-electron chi connectivity index (χ0n) is 19.6. The quantitative estimate of drug-likeness (QED) is 0.187. The van der Waals surface area contributed by atoms with E-state index in [2.05, 4.69) is 0 Å². The first-order valence-corrected chi connectivity index (χ1v) is 11.0. The lowest BCUT2D eigenvalue weighted by atomic mass is 9.73. The van der Waals surface area contributed by atoms with Gasteiger partial charge >= 0.3 is 12.4 Å². The van der Waals surface area contributed by atoms with Crippen LogP contribution in [-0.2, 0) is 5.41 Å². The van der Waals surface area contributed by atoms with E-state index < -0.39 is 40.5 Å². The van der Waals surface area contributed by atoms with Crippen molar-refractivity contribution in [3.8, 4) is 23.0 Å². The smallest absolute Gasteiger partial charge is 0.411 e. The molecule has 0 amide bonds. The van der Waals surface area contributed by atoms with Crippen molar-refractivity contribution in [2.45, 2.75) is 17.8 Å². The third-order valence-electron chi connectivity index (χ3n) is 5.68. The number of anilines is 2. The van der Waals surface area contributed by atoms with Crippen molar-refractivity contribution in [1.29, 1.82) is 0 Å². The Morgan fingerprint density at radius 3 is 1.08 bits per heavy atom. The van der Waals surface area contributed by atoms with Crippen LogP contribution < -0.4 is 20.9 Å². The Hall–Kier alpha value is -4.48. The molecule has 0 saturated heterocycles. The second-order valence-corrected chi connectivity index (χ2v) is 8.44. The molecule has 0 aromatic heterocycles. The number of alkyl halides is 6. The van der Waals surface area contributed by atoms with Crippen molar-refractivity contribution in [1.82, 2.24) is 0 Å². The number of halogens is 8. The van der Waals surface area contributed by atoms with Gasteiger partial charge in [0, 0.05) is 35.6 Å². The Kier molecular flexibility index (Phi) is 7.07. The molecule has 4 aromatic carbocycles. The molecule has 0 saturated carbocycles. The molecule has 0 unspecified atom stereocenters. The van der Waals surface area contributed by atoms with Gasteiger partial charge in [-0.3, -0.25) is 0 Å². The SMILES string of the molecule is Nc1cc(F)cc(Oc2ccc(C(c3ccc(Oc4cc(N)cc(F)c4)cc3)(C(F)(F)F)C(F)(F)F)cc2)c1. The van der Waals surface area contributed by atoms with Crippen molar-refractivity contribution in [3.63, 3.8) is 0 Å². The van der Waals surface area contributed by atoms with Gasteiger partial charge in [-0.25, -0.2) is 8.78 Å². The average molecular weight is 554 g/mol. The molecule has 0 fully saturated rings. The topological polar surface area (TPSA) is 70.5 Å². The van der Waals surface area contributed by atoms with Crippen LogP contribution in [0.25, 0.3) is 0 Å². The van der Waals surface area contributed by atoms with Crippen LogP contribution >= 0.6 is 0 Å². The van der Waals surface area contributed by atoms with E-state index in [0.717, 1.165) is 48.5 Å². The van der Waals surface area contributed by atoms with Gasteiger partial charge < -0.3 is 20.9 Å². The van der Waals surface area contributed by atoms with Crippen LogP contribution in [0.4, 0.5) is 46.5 Å². The minimum Gasteiger partial charge on any atom is -0.457 e. The average Bonchev–Trinajstić information content (AvgIpc) is 2.78. The molecule has 4 rings (SSSR count). The molecule has 0 aliphatic heterocycles. The van der Waals surface area contributed by atoms with Crippen molar-refractivity contribution in [2.24, 2.45) is 0 Å². The molecule has 0 aliphatic rings. The maximum absolute atomic E-state index is 14.4. The summed E-state index contributed by atoms with van der Waals surface area (Å²) in [6.07, 6.45) is -11.7. The maximum atomic E-state index is 14.4. The standard InChI is InChI=1S/C27H18F8N2O2/c28-17-9-19(36)13-23(11-17)38-21-5-1-15(2-6-21)25(26(30,31)32,27(33,34)35)16-3-7-22(8-4-16)39-24-12-18(29)10-20(37)14-24/h1-14H,36-37H2. The maximum Gasteiger partial charge on any atom is 0.411 e. The Labute approximate surface area is 216 Å². The van der Waals surface area contributed by atoms with E-state index in [0.29, 0.717) is 24.3 Å². The molecule has 4 nitrogen and oxygen atoms in total. The van der Waals surface area contributed by atoms with E-state index >= 15 is 0 Å². The van der Waals surface area contributed by atoms with Crippen LogP contribution in [0.15, 0.2) is 84.9 Å². The second-order valence-electron chi connectivity index (χ2n) is 8.44. The Bertz CT molecular complexity index is 1310. The normalized spacial score (nSPS) is 12.3. The van der Waals surface area contributed by atoms with Crippen LogP contribution in [0.2, 0.25) is 0 Å². The zero-order chi connectivity index (χ0) is 28.6. The summed E-state index contributed by atoms with van der Waals surface area (Å²) in [7, 11) is 0. The van der Waals surface area contributed by atoms with E-state index in [4.69, 9.17) is 20.9 Å². The molecule has 0 atom stereocenters. The van der Waals surface area contributed by atoms with Gasteiger partial charge in [0.2, 0.25) is 5.41 Å². The van der Waals surface area contributed by atoms with Gasteiger partial charge in [0.25, 0.3) is 0 Å². The molecular weight excluding hydrogens is 536 g/mol.